The van der Waals surface area contributed by atoms with Crippen molar-refractivity contribution in [3.05, 3.63) is 35.9 Å². The number of carbonyl (C=O) groups is 2. The number of ketones is 1. The van der Waals surface area contributed by atoms with Gasteiger partial charge in [-0.2, -0.15) is 0 Å². The minimum atomic E-state index is -0.590. The van der Waals surface area contributed by atoms with Gasteiger partial charge in [-0.05, 0) is 37.7 Å². The Morgan fingerprint density at radius 1 is 1.04 bits per heavy atom. The first-order valence-electron chi connectivity index (χ1n) is 8.92. The highest BCUT2D eigenvalue weighted by Gasteiger charge is 2.27. The molecule has 0 bridgehead atoms. The van der Waals surface area contributed by atoms with E-state index in [2.05, 4.69) is 27.7 Å². The van der Waals surface area contributed by atoms with E-state index in [1.807, 2.05) is 51.1 Å². The number of hydrogen-bond donors (Lipinski definition) is 0. The zero-order valence-corrected chi connectivity index (χ0v) is 16.8. The Bertz CT molecular complexity index is 567. The summed E-state index contributed by atoms with van der Waals surface area (Å²) < 4.78 is 5.48. The Kier molecular flexibility index (Phi) is 7.21. The van der Waals surface area contributed by atoms with Gasteiger partial charge in [0, 0.05) is 13.0 Å². The monoisotopic (exact) mass is 347 g/mol. The van der Waals surface area contributed by atoms with Crippen molar-refractivity contribution >= 4 is 11.9 Å². The molecular formula is C21H33NO3. The molecule has 0 N–H and O–H groups in total. The van der Waals surface area contributed by atoms with Crippen LogP contribution in [0.2, 0.25) is 0 Å². The van der Waals surface area contributed by atoms with Crippen LogP contribution in [0.15, 0.2) is 30.3 Å². The van der Waals surface area contributed by atoms with E-state index in [0.717, 1.165) is 5.56 Å². The molecule has 0 spiro atoms. The van der Waals surface area contributed by atoms with E-state index in [1.54, 1.807) is 0 Å². The molecular weight excluding hydrogens is 314 g/mol. The molecule has 0 heterocycles. The van der Waals surface area contributed by atoms with Gasteiger partial charge in [-0.3, -0.25) is 9.69 Å². The van der Waals surface area contributed by atoms with Crippen LogP contribution in [-0.4, -0.2) is 28.9 Å². The SMILES string of the molecule is CC(CC(=O)CN(Cc1ccccc1)C(=O)OC(C)(C)C)C(C)(C)C. The molecule has 0 aliphatic rings. The summed E-state index contributed by atoms with van der Waals surface area (Å²) in [5.74, 6) is 0.307. The van der Waals surface area contributed by atoms with Crippen molar-refractivity contribution in [2.75, 3.05) is 6.54 Å². The van der Waals surface area contributed by atoms with Crippen molar-refractivity contribution in [1.82, 2.24) is 4.90 Å². The zero-order chi connectivity index (χ0) is 19.3. The van der Waals surface area contributed by atoms with E-state index in [4.69, 9.17) is 4.74 Å². The lowest BCUT2D eigenvalue weighted by molar-refractivity contribution is -0.122. The number of rotatable bonds is 6. The summed E-state index contributed by atoms with van der Waals surface area (Å²) in [6.45, 7) is 14.4. The van der Waals surface area contributed by atoms with Crippen LogP contribution in [0.5, 0.6) is 0 Å². The van der Waals surface area contributed by atoms with Gasteiger partial charge in [0.1, 0.15) is 5.60 Å². The standard InChI is InChI=1S/C21H33NO3/c1-16(20(2,3)4)13-18(23)15-22(19(24)25-21(5,6)7)14-17-11-9-8-10-12-17/h8-12,16H,13-15H2,1-7H3. The molecule has 0 fully saturated rings. The molecule has 0 aliphatic carbocycles. The molecule has 140 valence electrons. The number of Topliss-reactive ketones (excluding diaryl/α,β-unsaturated/α-hetero) is 1. The molecule has 1 unspecified atom stereocenters. The second-order valence-electron chi connectivity index (χ2n) is 8.83. The maximum absolute atomic E-state index is 12.5. The molecule has 4 nitrogen and oxygen atoms in total. The van der Waals surface area contributed by atoms with Gasteiger partial charge in [-0.15, -0.1) is 0 Å². The Hall–Kier alpha value is -1.84. The van der Waals surface area contributed by atoms with E-state index < -0.39 is 11.7 Å². The van der Waals surface area contributed by atoms with E-state index in [0.29, 0.717) is 13.0 Å². The molecule has 1 rings (SSSR count). The number of ether oxygens (including phenoxy) is 1. The fourth-order valence-corrected chi connectivity index (χ4v) is 2.24. The summed E-state index contributed by atoms with van der Waals surface area (Å²) in [6.07, 6.45) is 0.00512. The van der Waals surface area contributed by atoms with Crippen LogP contribution in [0.4, 0.5) is 4.79 Å². The van der Waals surface area contributed by atoms with Crippen LogP contribution in [0.25, 0.3) is 0 Å². The van der Waals surface area contributed by atoms with Gasteiger partial charge in [0.2, 0.25) is 0 Å². The normalized spacial score (nSPS) is 13.2. The van der Waals surface area contributed by atoms with Crippen LogP contribution >= 0.6 is 0 Å². The Balaban J connectivity index is 2.83. The van der Waals surface area contributed by atoms with Crippen LogP contribution in [0, 0.1) is 11.3 Å². The molecule has 25 heavy (non-hydrogen) atoms. The molecule has 0 saturated heterocycles. The van der Waals surface area contributed by atoms with Crippen LogP contribution < -0.4 is 0 Å². The Morgan fingerprint density at radius 2 is 1.60 bits per heavy atom. The van der Waals surface area contributed by atoms with Gasteiger partial charge in [0.15, 0.2) is 5.78 Å². The minimum Gasteiger partial charge on any atom is -0.444 e. The fraction of sp³-hybridized carbons (Fsp3) is 0.619. The van der Waals surface area contributed by atoms with Crippen LogP contribution in [-0.2, 0) is 16.1 Å². The summed E-state index contributed by atoms with van der Waals surface area (Å²) >= 11 is 0. The highest BCUT2D eigenvalue weighted by atomic mass is 16.6. The maximum atomic E-state index is 12.5. The van der Waals surface area contributed by atoms with Crippen molar-refractivity contribution in [3.8, 4) is 0 Å². The summed E-state index contributed by atoms with van der Waals surface area (Å²) in [6, 6.07) is 9.66. The molecule has 1 amide bonds. The number of amides is 1. The Morgan fingerprint density at radius 3 is 2.08 bits per heavy atom. The lowest BCUT2D eigenvalue weighted by Crippen LogP contribution is -2.40. The first-order valence-corrected chi connectivity index (χ1v) is 8.92. The average Bonchev–Trinajstić information content (AvgIpc) is 2.44. The third-order valence-corrected chi connectivity index (χ3v) is 4.25. The first-order chi connectivity index (χ1) is 11.4. The van der Waals surface area contributed by atoms with Gasteiger partial charge in [-0.25, -0.2) is 4.79 Å². The van der Waals surface area contributed by atoms with Gasteiger partial charge in [0.05, 0.1) is 6.54 Å². The first kappa shape index (κ1) is 21.2. The lowest BCUT2D eigenvalue weighted by Gasteiger charge is -2.29. The van der Waals surface area contributed by atoms with Crippen molar-refractivity contribution in [1.29, 1.82) is 0 Å². The predicted molar refractivity (Wildman–Crippen MR) is 101 cm³/mol. The van der Waals surface area contributed by atoms with E-state index in [9.17, 15) is 9.59 Å². The third-order valence-electron chi connectivity index (χ3n) is 4.25. The highest BCUT2D eigenvalue weighted by Crippen LogP contribution is 2.28. The number of nitrogens with zero attached hydrogens (tertiary/aromatic N) is 1. The molecule has 4 heteroatoms. The molecule has 1 aromatic carbocycles. The van der Waals surface area contributed by atoms with Crippen molar-refractivity contribution in [3.63, 3.8) is 0 Å². The van der Waals surface area contributed by atoms with Gasteiger partial charge < -0.3 is 4.74 Å². The molecule has 1 aromatic rings. The topological polar surface area (TPSA) is 46.6 Å². The quantitative estimate of drug-likeness (QED) is 0.722. The number of carbonyl (C=O) groups excluding carboxylic acids is 2. The lowest BCUT2D eigenvalue weighted by atomic mass is 9.79. The van der Waals surface area contributed by atoms with Gasteiger partial charge >= 0.3 is 6.09 Å². The summed E-state index contributed by atoms with van der Waals surface area (Å²) in [4.78, 5) is 26.6. The Labute approximate surface area is 152 Å². The fourth-order valence-electron chi connectivity index (χ4n) is 2.24. The largest absolute Gasteiger partial charge is 0.444 e. The maximum Gasteiger partial charge on any atom is 0.410 e. The van der Waals surface area contributed by atoms with Crippen molar-refractivity contribution in [2.45, 2.75) is 67.0 Å². The molecule has 0 radical (unpaired) electrons. The van der Waals surface area contributed by atoms with Crippen LogP contribution in [0.3, 0.4) is 0 Å². The van der Waals surface area contributed by atoms with E-state index in [-0.39, 0.29) is 23.7 Å². The van der Waals surface area contributed by atoms with Gasteiger partial charge in [-0.1, -0.05) is 58.0 Å². The number of hydrogen-bond acceptors (Lipinski definition) is 3. The van der Waals surface area contributed by atoms with Crippen LogP contribution in [0.1, 0.15) is 60.5 Å². The predicted octanol–water partition coefficient (Wildman–Crippen LogP) is 5.07. The molecule has 0 aromatic heterocycles. The van der Waals surface area contributed by atoms with Crippen molar-refractivity contribution in [2.24, 2.45) is 11.3 Å². The van der Waals surface area contributed by atoms with E-state index >= 15 is 0 Å². The zero-order valence-electron chi connectivity index (χ0n) is 16.8. The summed E-state index contributed by atoms with van der Waals surface area (Å²) in [5, 5.41) is 0. The summed E-state index contributed by atoms with van der Waals surface area (Å²) in [5.41, 5.74) is 0.449. The minimum absolute atomic E-state index is 0.0595. The third kappa shape index (κ3) is 8.19. The second kappa shape index (κ2) is 8.50. The molecule has 1 atom stereocenters. The molecule has 0 saturated carbocycles. The number of benzene rings is 1. The highest BCUT2D eigenvalue weighted by molar-refractivity contribution is 5.84. The second-order valence-corrected chi connectivity index (χ2v) is 8.83. The smallest absolute Gasteiger partial charge is 0.410 e. The summed E-state index contributed by atoms with van der Waals surface area (Å²) in [7, 11) is 0. The average molecular weight is 347 g/mol. The molecule has 0 aliphatic heterocycles. The van der Waals surface area contributed by atoms with E-state index in [1.165, 1.54) is 4.90 Å². The van der Waals surface area contributed by atoms with Crippen molar-refractivity contribution < 1.29 is 14.3 Å². The van der Waals surface area contributed by atoms with Gasteiger partial charge in [0.25, 0.3) is 0 Å².